The molecular formula is C16H18FN3O2. The molecule has 22 heavy (non-hydrogen) atoms. The highest BCUT2D eigenvalue weighted by Gasteiger charge is 2.29. The molecule has 0 radical (unpaired) electrons. The first kappa shape index (κ1) is 14.6. The Morgan fingerprint density at radius 1 is 1.36 bits per heavy atom. The summed E-state index contributed by atoms with van der Waals surface area (Å²) in [5, 5.41) is 0. The second kappa shape index (κ2) is 5.79. The fourth-order valence-electron chi connectivity index (χ4n) is 2.79. The van der Waals surface area contributed by atoms with Crippen LogP contribution < -0.4 is 9.80 Å². The predicted octanol–water partition coefficient (Wildman–Crippen LogP) is 3.00. The lowest BCUT2D eigenvalue weighted by Gasteiger charge is -2.37. The molecule has 5 nitrogen and oxygen atoms in total. The Hall–Kier alpha value is -2.37. The van der Waals surface area contributed by atoms with Gasteiger partial charge in [0.2, 0.25) is 0 Å². The van der Waals surface area contributed by atoms with Crippen molar-refractivity contribution >= 4 is 17.3 Å². The van der Waals surface area contributed by atoms with Crippen LogP contribution in [0.1, 0.15) is 29.6 Å². The van der Waals surface area contributed by atoms with Crippen molar-refractivity contribution in [3.8, 4) is 0 Å². The molecule has 0 aliphatic carbocycles. The summed E-state index contributed by atoms with van der Waals surface area (Å²) in [4.78, 5) is 20.4. The molecule has 0 saturated heterocycles. The van der Waals surface area contributed by atoms with Crippen LogP contribution in [0, 0.1) is 12.7 Å². The van der Waals surface area contributed by atoms with Gasteiger partial charge in [-0.25, -0.2) is 9.37 Å². The average molecular weight is 303 g/mol. The Labute approximate surface area is 128 Å². The highest BCUT2D eigenvalue weighted by atomic mass is 19.1. The quantitative estimate of drug-likeness (QED) is 0.874. The maximum absolute atomic E-state index is 13.7. The largest absolute Gasteiger partial charge is 0.448 e. The van der Waals surface area contributed by atoms with Crippen LogP contribution in [0.4, 0.5) is 15.8 Å². The number of nitrogens with zero attached hydrogens (tertiary/aromatic N) is 3. The number of fused-ring (bicyclic) bond motifs is 1. The minimum atomic E-state index is -0.355. The Morgan fingerprint density at radius 2 is 2.18 bits per heavy atom. The minimum Gasteiger partial charge on any atom is -0.448 e. The van der Waals surface area contributed by atoms with Gasteiger partial charge in [0.25, 0.3) is 5.91 Å². The van der Waals surface area contributed by atoms with Crippen LogP contribution in [0.3, 0.4) is 0 Å². The van der Waals surface area contributed by atoms with Crippen LogP contribution in [0.5, 0.6) is 0 Å². The summed E-state index contributed by atoms with van der Waals surface area (Å²) in [7, 11) is 0. The van der Waals surface area contributed by atoms with Gasteiger partial charge in [-0.2, -0.15) is 0 Å². The molecule has 0 saturated carbocycles. The SMILES string of the molecule is CCCN1CCN(C(=O)c2ncoc2C)c2cc(F)ccc21. The number of halogens is 1. The van der Waals surface area contributed by atoms with E-state index in [0.29, 0.717) is 18.0 Å². The van der Waals surface area contributed by atoms with E-state index in [1.807, 2.05) is 0 Å². The van der Waals surface area contributed by atoms with Crippen LogP contribution in [-0.4, -0.2) is 30.5 Å². The van der Waals surface area contributed by atoms with Gasteiger partial charge in [0.15, 0.2) is 12.1 Å². The number of hydrogen-bond acceptors (Lipinski definition) is 4. The summed E-state index contributed by atoms with van der Waals surface area (Å²) >= 11 is 0. The van der Waals surface area contributed by atoms with Crippen molar-refractivity contribution in [2.45, 2.75) is 20.3 Å². The molecule has 2 aromatic rings. The molecule has 6 heteroatoms. The van der Waals surface area contributed by atoms with E-state index in [4.69, 9.17) is 4.42 Å². The molecule has 0 fully saturated rings. The molecule has 3 rings (SSSR count). The van der Waals surface area contributed by atoms with Crippen LogP contribution in [0.25, 0.3) is 0 Å². The number of anilines is 2. The fraction of sp³-hybridized carbons (Fsp3) is 0.375. The molecule has 1 aliphatic rings. The Bertz CT molecular complexity index is 698. The number of carbonyl (C=O) groups excluding carboxylic acids is 1. The highest BCUT2D eigenvalue weighted by Crippen LogP contribution is 2.34. The fourth-order valence-corrected chi connectivity index (χ4v) is 2.79. The third-order valence-electron chi connectivity index (χ3n) is 3.85. The molecule has 2 heterocycles. The molecule has 0 N–H and O–H groups in total. The topological polar surface area (TPSA) is 49.6 Å². The molecule has 1 amide bonds. The molecule has 1 aromatic heterocycles. The van der Waals surface area contributed by atoms with Crippen LogP contribution in [0.2, 0.25) is 0 Å². The van der Waals surface area contributed by atoms with Crippen LogP contribution in [0.15, 0.2) is 29.0 Å². The second-order valence-electron chi connectivity index (χ2n) is 5.33. The number of hydrogen-bond donors (Lipinski definition) is 0. The van der Waals surface area contributed by atoms with Gasteiger partial charge in [0, 0.05) is 19.6 Å². The number of aryl methyl sites for hydroxylation is 1. The van der Waals surface area contributed by atoms with Gasteiger partial charge in [-0.15, -0.1) is 0 Å². The van der Waals surface area contributed by atoms with Gasteiger partial charge < -0.3 is 14.2 Å². The monoisotopic (exact) mass is 303 g/mol. The van der Waals surface area contributed by atoms with Crippen molar-refractivity contribution < 1.29 is 13.6 Å². The lowest BCUT2D eigenvalue weighted by atomic mass is 10.1. The van der Waals surface area contributed by atoms with Gasteiger partial charge in [-0.3, -0.25) is 4.79 Å². The molecule has 0 spiro atoms. The lowest BCUT2D eigenvalue weighted by Crippen LogP contribution is -2.44. The first-order valence-electron chi connectivity index (χ1n) is 7.38. The smallest absolute Gasteiger partial charge is 0.280 e. The standard InChI is InChI=1S/C16H18FN3O2/c1-3-6-19-7-8-20(14-9-12(17)4-5-13(14)19)16(21)15-11(2)22-10-18-15/h4-5,9-10H,3,6-8H2,1-2H3. The first-order valence-corrected chi connectivity index (χ1v) is 7.38. The Balaban J connectivity index is 2.00. The van der Waals surface area contributed by atoms with Crippen molar-refractivity contribution in [1.82, 2.24) is 4.98 Å². The summed E-state index contributed by atoms with van der Waals surface area (Å²) in [5.41, 5.74) is 1.75. The van der Waals surface area contributed by atoms with E-state index in [0.717, 1.165) is 25.2 Å². The normalized spacial score (nSPS) is 14.1. The molecular weight excluding hydrogens is 285 g/mol. The number of aromatic nitrogens is 1. The number of rotatable bonds is 3. The summed E-state index contributed by atoms with van der Waals surface area (Å²) in [6, 6.07) is 4.57. The van der Waals surface area contributed by atoms with E-state index < -0.39 is 0 Å². The average Bonchev–Trinajstić information content (AvgIpc) is 2.93. The zero-order valence-corrected chi connectivity index (χ0v) is 12.7. The molecule has 0 bridgehead atoms. The van der Waals surface area contributed by atoms with Crippen LogP contribution in [-0.2, 0) is 0 Å². The Morgan fingerprint density at radius 3 is 2.86 bits per heavy atom. The minimum absolute atomic E-state index is 0.255. The van der Waals surface area contributed by atoms with E-state index in [1.165, 1.54) is 18.5 Å². The lowest BCUT2D eigenvalue weighted by molar-refractivity contribution is 0.0981. The summed E-state index contributed by atoms with van der Waals surface area (Å²) in [6.45, 7) is 5.89. The van der Waals surface area contributed by atoms with E-state index in [1.54, 1.807) is 17.9 Å². The number of oxazole rings is 1. The second-order valence-corrected chi connectivity index (χ2v) is 5.33. The van der Waals surface area contributed by atoms with Gasteiger partial charge in [-0.1, -0.05) is 6.92 Å². The van der Waals surface area contributed by atoms with Crippen molar-refractivity contribution in [2.24, 2.45) is 0 Å². The molecule has 1 aromatic carbocycles. The van der Waals surface area contributed by atoms with Crippen molar-refractivity contribution in [3.63, 3.8) is 0 Å². The van der Waals surface area contributed by atoms with Crippen molar-refractivity contribution in [3.05, 3.63) is 41.9 Å². The van der Waals surface area contributed by atoms with Gasteiger partial charge >= 0.3 is 0 Å². The third kappa shape index (κ3) is 2.45. The summed E-state index contributed by atoms with van der Waals surface area (Å²) in [6.07, 6.45) is 2.25. The third-order valence-corrected chi connectivity index (χ3v) is 3.85. The van der Waals surface area contributed by atoms with Gasteiger partial charge in [0.1, 0.15) is 11.6 Å². The van der Waals surface area contributed by atoms with E-state index in [-0.39, 0.29) is 17.4 Å². The number of amides is 1. The molecule has 1 aliphatic heterocycles. The maximum Gasteiger partial charge on any atom is 0.280 e. The van der Waals surface area contributed by atoms with Gasteiger partial charge in [0.05, 0.1) is 11.4 Å². The summed E-state index contributed by atoms with van der Waals surface area (Å²) < 4.78 is 18.8. The van der Waals surface area contributed by atoms with Crippen molar-refractivity contribution in [1.29, 1.82) is 0 Å². The van der Waals surface area contributed by atoms with Crippen LogP contribution >= 0.6 is 0 Å². The number of benzene rings is 1. The number of carbonyl (C=O) groups is 1. The zero-order chi connectivity index (χ0) is 15.7. The highest BCUT2D eigenvalue weighted by molar-refractivity contribution is 6.07. The van der Waals surface area contributed by atoms with E-state index in [9.17, 15) is 9.18 Å². The Kier molecular flexibility index (Phi) is 3.83. The van der Waals surface area contributed by atoms with E-state index >= 15 is 0 Å². The molecule has 0 unspecified atom stereocenters. The summed E-state index contributed by atoms with van der Waals surface area (Å²) in [5.74, 6) is -0.139. The van der Waals surface area contributed by atoms with E-state index in [2.05, 4.69) is 16.8 Å². The van der Waals surface area contributed by atoms with Gasteiger partial charge in [-0.05, 0) is 31.5 Å². The zero-order valence-electron chi connectivity index (χ0n) is 12.7. The van der Waals surface area contributed by atoms with Crippen molar-refractivity contribution in [2.75, 3.05) is 29.4 Å². The first-order chi connectivity index (χ1) is 10.6. The predicted molar refractivity (Wildman–Crippen MR) is 81.8 cm³/mol. The molecule has 0 atom stereocenters. The maximum atomic E-state index is 13.7. The molecule has 116 valence electrons.